The van der Waals surface area contributed by atoms with E-state index >= 15 is 0 Å². The minimum Gasteiger partial charge on any atom is -0.461 e. The molecule has 0 aromatic heterocycles. The highest BCUT2D eigenvalue weighted by molar-refractivity contribution is 6.62. The number of hydrogen-bond donors (Lipinski definition) is 1. The van der Waals surface area contributed by atoms with E-state index in [4.69, 9.17) is 19.8 Å². The fraction of sp³-hybridized carbons (Fsp3) is 0.682. The maximum Gasteiger partial charge on any atom is 0.494 e. The normalized spacial score (nSPS) is 20.6. The van der Waals surface area contributed by atoms with E-state index in [0.717, 1.165) is 13.8 Å². The van der Waals surface area contributed by atoms with E-state index < -0.39 is 53.9 Å². The van der Waals surface area contributed by atoms with Gasteiger partial charge < -0.3 is 19.8 Å². The van der Waals surface area contributed by atoms with E-state index in [0.29, 0.717) is 5.46 Å². The van der Waals surface area contributed by atoms with Gasteiger partial charge in [0, 0.05) is 0 Å². The lowest BCUT2D eigenvalue weighted by molar-refractivity contribution is -0.220. The van der Waals surface area contributed by atoms with Crippen LogP contribution in [0.3, 0.4) is 0 Å². The van der Waals surface area contributed by atoms with Gasteiger partial charge in [0.25, 0.3) is 0 Å². The summed E-state index contributed by atoms with van der Waals surface area (Å²) in [7, 11) is -0.638. The molecule has 1 aromatic carbocycles. The fourth-order valence-electron chi connectivity index (χ4n) is 3.33. The molecular weight excluding hydrogens is 410 g/mol. The van der Waals surface area contributed by atoms with Crippen LogP contribution in [0.25, 0.3) is 0 Å². The summed E-state index contributed by atoms with van der Waals surface area (Å²) in [5.41, 5.74) is 2.00. The largest absolute Gasteiger partial charge is 0.494 e. The molecule has 0 saturated carbocycles. The van der Waals surface area contributed by atoms with Crippen molar-refractivity contribution in [3.05, 3.63) is 29.8 Å². The molecule has 5 nitrogen and oxygen atoms in total. The zero-order chi connectivity index (χ0) is 24.0. The molecule has 31 heavy (non-hydrogen) atoms. The first-order chi connectivity index (χ1) is 13.8. The number of nitrogens with two attached hydrogens (primary N) is 1. The molecule has 2 N–H and O–H groups in total. The topological polar surface area (TPSA) is 70.8 Å². The highest BCUT2D eigenvalue weighted by atomic mass is 19.4. The van der Waals surface area contributed by atoms with Crippen LogP contribution >= 0.6 is 0 Å². The number of ether oxygens (including phenoxy) is 1. The van der Waals surface area contributed by atoms with Crippen LogP contribution < -0.4 is 11.2 Å². The second kappa shape index (κ2) is 8.08. The van der Waals surface area contributed by atoms with E-state index in [1.165, 1.54) is 12.1 Å². The van der Waals surface area contributed by atoms with Crippen LogP contribution in [0.15, 0.2) is 24.3 Å². The summed E-state index contributed by atoms with van der Waals surface area (Å²) < 4.78 is 58.0. The quantitative estimate of drug-likeness (QED) is 0.530. The molecule has 1 atom stereocenters. The molecule has 0 amide bonds. The average Bonchev–Trinajstić information content (AvgIpc) is 2.80. The van der Waals surface area contributed by atoms with Gasteiger partial charge in [-0.3, -0.25) is 0 Å². The molecule has 1 aromatic rings. The summed E-state index contributed by atoms with van der Waals surface area (Å²) in [6, 6.07) is 6.38. The second-order valence-corrected chi connectivity index (χ2v) is 10.2. The van der Waals surface area contributed by atoms with Crippen molar-refractivity contribution in [1.29, 1.82) is 0 Å². The van der Waals surface area contributed by atoms with Crippen LogP contribution in [0.5, 0.6) is 0 Å². The van der Waals surface area contributed by atoms with Gasteiger partial charge in [-0.05, 0) is 59.0 Å². The molecule has 0 bridgehead atoms. The second-order valence-electron chi connectivity index (χ2n) is 10.2. The molecular formula is C22H33BF3NO4. The van der Waals surface area contributed by atoms with Crippen molar-refractivity contribution in [1.82, 2.24) is 0 Å². The van der Waals surface area contributed by atoms with Gasteiger partial charge >= 0.3 is 19.3 Å². The zero-order valence-corrected chi connectivity index (χ0v) is 19.5. The molecule has 9 heteroatoms. The lowest BCUT2D eigenvalue weighted by atomic mass is 9.73. The van der Waals surface area contributed by atoms with Crippen molar-refractivity contribution in [2.75, 3.05) is 0 Å². The summed E-state index contributed by atoms with van der Waals surface area (Å²) in [5, 5.41) is 0. The van der Waals surface area contributed by atoms with E-state index in [1.54, 1.807) is 26.0 Å². The number of alkyl halides is 3. The Morgan fingerprint density at radius 2 is 1.52 bits per heavy atom. The standard InChI is InChI=1S/C22H33BF3NO4/c1-14(2)29-17(28)21(27,13-18(3,4)22(24,25)26)15-9-11-16(12-10-15)23-30-19(5,6)20(7,8)31-23/h9-12,14H,13,27H2,1-8H3. The van der Waals surface area contributed by atoms with Crippen molar-refractivity contribution in [2.45, 2.75) is 90.8 Å². The maximum atomic E-state index is 13.6. The number of carbonyl (C=O) groups is 1. The van der Waals surface area contributed by atoms with Crippen molar-refractivity contribution >= 4 is 18.6 Å². The third-order valence-electron chi connectivity index (χ3n) is 6.15. The molecule has 0 radical (unpaired) electrons. The molecule has 1 heterocycles. The van der Waals surface area contributed by atoms with Crippen LogP contribution in [0.1, 0.15) is 67.4 Å². The molecule has 0 spiro atoms. The van der Waals surface area contributed by atoms with E-state index in [1.807, 2.05) is 27.7 Å². The molecule has 0 aliphatic carbocycles. The summed E-state index contributed by atoms with van der Waals surface area (Å²) in [6.45, 7) is 13.0. The molecule has 2 rings (SSSR count). The van der Waals surface area contributed by atoms with Gasteiger partial charge in [-0.15, -0.1) is 0 Å². The van der Waals surface area contributed by atoms with Crippen molar-refractivity contribution in [3.63, 3.8) is 0 Å². The van der Waals surface area contributed by atoms with Crippen LogP contribution in [-0.2, 0) is 24.4 Å². The molecule has 174 valence electrons. The Hall–Kier alpha value is -1.58. The Morgan fingerprint density at radius 1 is 1.06 bits per heavy atom. The summed E-state index contributed by atoms with van der Waals surface area (Å²) in [4.78, 5) is 12.8. The first kappa shape index (κ1) is 25.7. The highest BCUT2D eigenvalue weighted by Crippen LogP contribution is 2.45. The van der Waals surface area contributed by atoms with Crippen LogP contribution in [0.2, 0.25) is 0 Å². The monoisotopic (exact) mass is 443 g/mol. The summed E-state index contributed by atoms with van der Waals surface area (Å²) in [6.07, 6.45) is -5.73. The number of halogens is 3. The summed E-state index contributed by atoms with van der Waals surface area (Å²) >= 11 is 0. The van der Waals surface area contributed by atoms with Gasteiger partial charge in [0.15, 0.2) is 0 Å². The molecule has 1 aliphatic rings. The Bertz CT molecular complexity index is 790. The smallest absolute Gasteiger partial charge is 0.461 e. The van der Waals surface area contributed by atoms with Gasteiger partial charge in [0.05, 0.1) is 22.7 Å². The van der Waals surface area contributed by atoms with Gasteiger partial charge in [0.1, 0.15) is 5.54 Å². The first-order valence-electron chi connectivity index (χ1n) is 10.4. The summed E-state index contributed by atoms with van der Waals surface area (Å²) in [5.74, 6) is -0.900. The number of hydrogen-bond acceptors (Lipinski definition) is 5. The van der Waals surface area contributed by atoms with Crippen molar-refractivity contribution in [2.24, 2.45) is 11.1 Å². The van der Waals surface area contributed by atoms with E-state index in [2.05, 4.69) is 0 Å². The van der Waals surface area contributed by atoms with Gasteiger partial charge in [-0.2, -0.15) is 13.2 Å². The highest BCUT2D eigenvalue weighted by Gasteiger charge is 2.55. The van der Waals surface area contributed by atoms with E-state index in [-0.39, 0.29) is 5.56 Å². The van der Waals surface area contributed by atoms with E-state index in [9.17, 15) is 18.0 Å². The molecule has 1 fully saturated rings. The minimum absolute atomic E-state index is 0.232. The Balaban J connectivity index is 2.40. The zero-order valence-electron chi connectivity index (χ0n) is 19.5. The Morgan fingerprint density at radius 3 is 1.90 bits per heavy atom. The third kappa shape index (κ3) is 5.09. The minimum atomic E-state index is -4.54. The predicted molar refractivity (Wildman–Crippen MR) is 114 cm³/mol. The lowest BCUT2D eigenvalue weighted by Gasteiger charge is -2.37. The maximum absolute atomic E-state index is 13.6. The average molecular weight is 443 g/mol. The molecule has 1 aliphatic heterocycles. The Labute approximate surface area is 182 Å². The molecule has 1 unspecified atom stereocenters. The van der Waals surface area contributed by atoms with Gasteiger partial charge in [0.2, 0.25) is 0 Å². The van der Waals surface area contributed by atoms with Crippen LogP contribution in [0.4, 0.5) is 13.2 Å². The van der Waals surface area contributed by atoms with Crippen molar-refractivity contribution in [3.8, 4) is 0 Å². The van der Waals surface area contributed by atoms with Crippen LogP contribution in [0, 0.1) is 5.41 Å². The fourth-order valence-corrected chi connectivity index (χ4v) is 3.33. The first-order valence-corrected chi connectivity index (χ1v) is 10.4. The van der Waals surface area contributed by atoms with Gasteiger partial charge in [-0.1, -0.05) is 38.1 Å². The SMILES string of the molecule is CC(C)OC(=O)C(N)(CC(C)(C)C(F)(F)F)c1ccc(B2OC(C)(C)C(C)(C)O2)cc1. The van der Waals surface area contributed by atoms with Gasteiger partial charge in [-0.25, -0.2) is 4.79 Å². The number of carbonyl (C=O) groups excluding carboxylic acids is 1. The number of rotatable bonds is 6. The molecule has 1 saturated heterocycles. The number of esters is 1. The third-order valence-corrected chi connectivity index (χ3v) is 6.15. The Kier molecular flexibility index (Phi) is 6.70. The van der Waals surface area contributed by atoms with Crippen LogP contribution in [-0.4, -0.2) is 36.6 Å². The van der Waals surface area contributed by atoms with Crippen molar-refractivity contribution < 1.29 is 32.0 Å². The lowest BCUT2D eigenvalue weighted by Crippen LogP contribution is -2.52. The number of benzene rings is 1. The predicted octanol–water partition coefficient (Wildman–Crippen LogP) is 4.07.